The van der Waals surface area contributed by atoms with E-state index in [1.165, 1.54) is 13.2 Å². The SMILES string of the molecule is COC(=O)C=C1NC=CN1. The summed E-state index contributed by atoms with van der Waals surface area (Å²) in [5.74, 6) is 0.255. The van der Waals surface area contributed by atoms with Crippen LogP contribution in [0.4, 0.5) is 0 Å². The monoisotopic (exact) mass is 140 g/mol. The summed E-state index contributed by atoms with van der Waals surface area (Å²) in [7, 11) is 1.34. The van der Waals surface area contributed by atoms with Crippen molar-refractivity contribution < 1.29 is 9.53 Å². The molecule has 4 heteroatoms. The highest BCUT2D eigenvalue weighted by Crippen LogP contribution is 1.90. The Morgan fingerprint density at radius 1 is 1.60 bits per heavy atom. The third kappa shape index (κ3) is 1.51. The number of carbonyl (C=O) groups excluding carboxylic acids is 1. The molecule has 4 nitrogen and oxygen atoms in total. The average molecular weight is 140 g/mol. The lowest BCUT2D eigenvalue weighted by Crippen LogP contribution is -2.12. The summed E-state index contributed by atoms with van der Waals surface area (Å²) in [5, 5.41) is 5.58. The number of ether oxygens (including phenoxy) is 1. The van der Waals surface area contributed by atoms with Crippen LogP contribution in [0, 0.1) is 0 Å². The fourth-order valence-corrected chi connectivity index (χ4v) is 0.565. The lowest BCUT2D eigenvalue weighted by Gasteiger charge is -1.96. The van der Waals surface area contributed by atoms with Gasteiger partial charge in [-0.25, -0.2) is 4.79 Å². The Bertz CT molecular complexity index is 186. The summed E-state index contributed by atoms with van der Waals surface area (Å²) in [4.78, 5) is 10.6. The molecule has 0 aliphatic carbocycles. The van der Waals surface area contributed by atoms with Crippen LogP contribution in [0.3, 0.4) is 0 Å². The maximum absolute atomic E-state index is 10.6. The molecule has 1 rings (SSSR count). The molecule has 0 aromatic heterocycles. The van der Waals surface area contributed by atoms with Gasteiger partial charge in [-0.3, -0.25) is 0 Å². The highest BCUT2D eigenvalue weighted by Gasteiger charge is 2.00. The minimum Gasteiger partial charge on any atom is -0.466 e. The second kappa shape index (κ2) is 2.91. The zero-order chi connectivity index (χ0) is 7.40. The summed E-state index contributed by atoms with van der Waals surface area (Å²) in [6.45, 7) is 0. The highest BCUT2D eigenvalue weighted by atomic mass is 16.5. The molecule has 1 heterocycles. The van der Waals surface area contributed by atoms with Crippen molar-refractivity contribution >= 4 is 5.97 Å². The fourth-order valence-electron chi connectivity index (χ4n) is 0.565. The molecule has 0 fully saturated rings. The van der Waals surface area contributed by atoms with Crippen molar-refractivity contribution in [2.24, 2.45) is 0 Å². The lowest BCUT2D eigenvalue weighted by atomic mass is 10.5. The van der Waals surface area contributed by atoms with Gasteiger partial charge in [-0.2, -0.15) is 0 Å². The zero-order valence-corrected chi connectivity index (χ0v) is 5.55. The summed E-state index contributed by atoms with van der Waals surface area (Å²) >= 11 is 0. The van der Waals surface area contributed by atoms with Gasteiger partial charge < -0.3 is 15.4 Å². The Hall–Kier alpha value is -1.45. The van der Waals surface area contributed by atoms with Crippen molar-refractivity contribution in [2.75, 3.05) is 7.11 Å². The average Bonchev–Trinajstić information content (AvgIpc) is 2.40. The Kier molecular flexibility index (Phi) is 1.94. The number of carbonyl (C=O) groups is 1. The van der Waals surface area contributed by atoms with Crippen LogP contribution in [0.1, 0.15) is 0 Å². The second-order valence-electron chi connectivity index (χ2n) is 1.70. The molecular weight excluding hydrogens is 132 g/mol. The molecule has 0 bridgehead atoms. The van der Waals surface area contributed by atoms with Crippen LogP contribution < -0.4 is 10.6 Å². The van der Waals surface area contributed by atoms with Gasteiger partial charge in [0.25, 0.3) is 0 Å². The van der Waals surface area contributed by atoms with Gasteiger partial charge in [0.1, 0.15) is 5.82 Å². The van der Waals surface area contributed by atoms with Crippen molar-refractivity contribution in [3.63, 3.8) is 0 Å². The van der Waals surface area contributed by atoms with Crippen molar-refractivity contribution in [1.82, 2.24) is 10.6 Å². The molecule has 0 radical (unpaired) electrons. The van der Waals surface area contributed by atoms with Crippen LogP contribution in [-0.4, -0.2) is 13.1 Å². The number of hydrogen-bond donors (Lipinski definition) is 2. The topological polar surface area (TPSA) is 50.4 Å². The standard InChI is InChI=1S/C6H8N2O2/c1-10-6(9)4-5-7-2-3-8-5/h2-4,7-8H,1H3. The van der Waals surface area contributed by atoms with Crippen LogP contribution in [0.25, 0.3) is 0 Å². The molecule has 10 heavy (non-hydrogen) atoms. The maximum Gasteiger partial charge on any atom is 0.334 e. The maximum atomic E-state index is 10.6. The molecule has 0 atom stereocenters. The van der Waals surface area contributed by atoms with E-state index in [1.54, 1.807) is 12.4 Å². The van der Waals surface area contributed by atoms with E-state index in [4.69, 9.17) is 0 Å². The molecule has 0 aromatic carbocycles. The van der Waals surface area contributed by atoms with E-state index in [9.17, 15) is 4.79 Å². The first-order chi connectivity index (χ1) is 4.83. The first-order valence-electron chi connectivity index (χ1n) is 2.80. The minimum absolute atomic E-state index is 0.376. The first-order valence-corrected chi connectivity index (χ1v) is 2.80. The molecule has 0 saturated carbocycles. The second-order valence-corrected chi connectivity index (χ2v) is 1.70. The Morgan fingerprint density at radius 2 is 2.20 bits per heavy atom. The van der Waals surface area contributed by atoms with Gasteiger partial charge in [0, 0.05) is 12.4 Å². The van der Waals surface area contributed by atoms with Gasteiger partial charge in [0.2, 0.25) is 0 Å². The van der Waals surface area contributed by atoms with E-state index in [-0.39, 0.29) is 5.97 Å². The smallest absolute Gasteiger partial charge is 0.334 e. The Labute approximate surface area is 58.6 Å². The van der Waals surface area contributed by atoms with E-state index in [1.807, 2.05) is 0 Å². The van der Waals surface area contributed by atoms with Crippen LogP contribution >= 0.6 is 0 Å². The van der Waals surface area contributed by atoms with Crippen molar-refractivity contribution in [2.45, 2.75) is 0 Å². The predicted octanol–water partition coefficient (Wildman–Crippen LogP) is -0.335. The minimum atomic E-state index is -0.376. The number of methoxy groups -OCH3 is 1. The molecule has 0 aromatic rings. The van der Waals surface area contributed by atoms with E-state index >= 15 is 0 Å². The van der Waals surface area contributed by atoms with Crippen molar-refractivity contribution in [3.05, 3.63) is 24.3 Å². The van der Waals surface area contributed by atoms with Gasteiger partial charge in [-0.15, -0.1) is 0 Å². The molecular formula is C6H8N2O2. The van der Waals surface area contributed by atoms with E-state index in [2.05, 4.69) is 15.4 Å². The van der Waals surface area contributed by atoms with Crippen LogP contribution in [0.2, 0.25) is 0 Å². The molecule has 0 amide bonds. The fraction of sp³-hybridized carbons (Fsp3) is 0.167. The molecule has 1 aliphatic rings. The number of nitrogens with one attached hydrogen (secondary N) is 2. The van der Waals surface area contributed by atoms with Crippen LogP contribution in [0.5, 0.6) is 0 Å². The van der Waals surface area contributed by atoms with Crippen LogP contribution in [0.15, 0.2) is 24.3 Å². The third-order valence-electron chi connectivity index (χ3n) is 1.02. The lowest BCUT2D eigenvalue weighted by molar-refractivity contribution is -0.134. The Morgan fingerprint density at radius 3 is 2.70 bits per heavy atom. The van der Waals surface area contributed by atoms with Gasteiger partial charge in [-0.1, -0.05) is 0 Å². The molecule has 0 unspecified atom stereocenters. The summed E-state index contributed by atoms with van der Waals surface area (Å²) < 4.78 is 4.39. The highest BCUT2D eigenvalue weighted by molar-refractivity contribution is 5.82. The van der Waals surface area contributed by atoms with Gasteiger partial charge in [-0.05, 0) is 0 Å². The van der Waals surface area contributed by atoms with Gasteiger partial charge in [0.15, 0.2) is 0 Å². The number of rotatable bonds is 1. The molecule has 1 aliphatic heterocycles. The zero-order valence-electron chi connectivity index (χ0n) is 5.55. The van der Waals surface area contributed by atoms with E-state index in [0.717, 1.165) is 0 Å². The summed E-state index contributed by atoms with van der Waals surface area (Å²) in [6.07, 6.45) is 4.71. The van der Waals surface area contributed by atoms with E-state index in [0.29, 0.717) is 5.82 Å². The van der Waals surface area contributed by atoms with E-state index < -0.39 is 0 Å². The molecule has 0 saturated heterocycles. The summed E-state index contributed by atoms with van der Waals surface area (Å²) in [5.41, 5.74) is 0. The van der Waals surface area contributed by atoms with Crippen molar-refractivity contribution in [1.29, 1.82) is 0 Å². The molecule has 0 spiro atoms. The molecule has 54 valence electrons. The number of hydrogen-bond acceptors (Lipinski definition) is 4. The largest absolute Gasteiger partial charge is 0.466 e. The van der Waals surface area contributed by atoms with Crippen LogP contribution in [-0.2, 0) is 9.53 Å². The summed E-state index contributed by atoms with van der Waals surface area (Å²) in [6, 6.07) is 0. The third-order valence-corrected chi connectivity index (χ3v) is 1.02. The first kappa shape index (κ1) is 6.67. The van der Waals surface area contributed by atoms with Crippen molar-refractivity contribution in [3.8, 4) is 0 Å². The predicted molar refractivity (Wildman–Crippen MR) is 35.5 cm³/mol. The Balaban J connectivity index is 2.47. The number of esters is 1. The quantitative estimate of drug-likeness (QED) is 0.386. The normalized spacial score (nSPS) is 13.9. The van der Waals surface area contributed by atoms with Gasteiger partial charge >= 0.3 is 5.97 Å². The van der Waals surface area contributed by atoms with Gasteiger partial charge in [0.05, 0.1) is 13.2 Å². The molecule has 2 N–H and O–H groups in total.